The Balaban J connectivity index is 1.95. The monoisotopic (exact) mass is 333 g/mol. The Kier molecular flexibility index (Phi) is 3.52. The Morgan fingerprint density at radius 1 is 1.38 bits per heavy atom. The van der Waals surface area contributed by atoms with Crippen molar-refractivity contribution >= 4 is 11.5 Å². The molecule has 0 saturated heterocycles. The van der Waals surface area contributed by atoms with E-state index in [1.807, 2.05) is 0 Å². The summed E-state index contributed by atoms with van der Waals surface area (Å²) >= 11 is 0. The third-order valence-corrected chi connectivity index (χ3v) is 4.98. The molecule has 0 aromatic heterocycles. The Labute approximate surface area is 138 Å². The highest BCUT2D eigenvalue weighted by Crippen LogP contribution is 2.46. The Morgan fingerprint density at radius 3 is 2.92 bits per heavy atom. The van der Waals surface area contributed by atoms with Crippen LogP contribution in [-0.4, -0.2) is 48.3 Å². The SMILES string of the molecule is COCc1c2c(cc3c1C(=O)N[C@@H]1C3=C[C@H](O)C(O)C1C)OCO2. The highest BCUT2D eigenvalue weighted by molar-refractivity contribution is 6.06. The molecule has 24 heavy (non-hydrogen) atoms. The number of carbonyl (C=O) groups is 1. The van der Waals surface area contributed by atoms with Gasteiger partial charge in [-0.05, 0) is 23.3 Å². The number of aliphatic hydroxyl groups excluding tert-OH is 2. The van der Waals surface area contributed by atoms with Crippen LogP contribution in [0.25, 0.3) is 5.57 Å². The maximum Gasteiger partial charge on any atom is 0.252 e. The molecule has 4 atom stereocenters. The molecule has 1 aromatic carbocycles. The van der Waals surface area contributed by atoms with Gasteiger partial charge in [0, 0.05) is 18.6 Å². The molecular formula is C17H19NO6. The van der Waals surface area contributed by atoms with Gasteiger partial charge in [0.05, 0.1) is 30.4 Å². The first kappa shape index (κ1) is 15.4. The van der Waals surface area contributed by atoms with Crippen LogP contribution in [0.1, 0.15) is 28.4 Å². The molecule has 3 aliphatic rings. The lowest BCUT2D eigenvalue weighted by atomic mass is 9.75. The van der Waals surface area contributed by atoms with E-state index < -0.39 is 12.2 Å². The molecule has 0 bridgehead atoms. The second kappa shape index (κ2) is 5.47. The lowest BCUT2D eigenvalue weighted by Crippen LogP contribution is -2.53. The molecule has 4 rings (SSSR count). The summed E-state index contributed by atoms with van der Waals surface area (Å²) in [6.45, 7) is 2.11. The normalized spacial score (nSPS) is 30.3. The highest BCUT2D eigenvalue weighted by Gasteiger charge is 2.43. The van der Waals surface area contributed by atoms with Crippen molar-refractivity contribution in [3.05, 3.63) is 28.8 Å². The van der Waals surface area contributed by atoms with Crippen molar-refractivity contribution < 1.29 is 29.2 Å². The van der Waals surface area contributed by atoms with E-state index in [4.69, 9.17) is 14.2 Å². The molecule has 1 aliphatic carbocycles. The van der Waals surface area contributed by atoms with Gasteiger partial charge in [0.15, 0.2) is 11.5 Å². The van der Waals surface area contributed by atoms with E-state index in [-0.39, 0.29) is 31.3 Å². The minimum atomic E-state index is -0.981. The van der Waals surface area contributed by atoms with Gasteiger partial charge in [0.2, 0.25) is 6.79 Å². The minimum Gasteiger partial charge on any atom is -0.454 e. The van der Waals surface area contributed by atoms with Crippen molar-refractivity contribution in [2.75, 3.05) is 13.9 Å². The fourth-order valence-corrected chi connectivity index (χ4v) is 3.74. The maximum atomic E-state index is 12.7. The molecule has 2 aliphatic heterocycles. The standard InChI is InChI=1S/C17H19NO6/c1-7-14-9(3-11(19)15(7)20)8-4-12-16(24-6-23-12)10(5-22-2)13(8)17(21)18-14/h3-4,7,11,14-15,19-20H,5-6H2,1-2H3,(H,18,21)/t7?,11-,14-,15?/m0/s1. The van der Waals surface area contributed by atoms with E-state index in [0.29, 0.717) is 28.2 Å². The van der Waals surface area contributed by atoms with E-state index in [0.717, 1.165) is 5.57 Å². The number of aliphatic hydroxyl groups is 2. The first-order valence-electron chi connectivity index (χ1n) is 7.86. The smallest absolute Gasteiger partial charge is 0.252 e. The van der Waals surface area contributed by atoms with Crippen LogP contribution in [0.5, 0.6) is 11.5 Å². The summed E-state index contributed by atoms with van der Waals surface area (Å²) in [6.07, 6.45) is -0.301. The third kappa shape index (κ3) is 2.05. The molecule has 2 unspecified atom stereocenters. The van der Waals surface area contributed by atoms with E-state index >= 15 is 0 Å². The fraction of sp³-hybridized carbons (Fsp3) is 0.471. The Hall–Kier alpha value is -2.09. The minimum absolute atomic E-state index is 0.0940. The summed E-state index contributed by atoms with van der Waals surface area (Å²) in [6, 6.07) is 1.41. The summed E-state index contributed by atoms with van der Waals surface area (Å²) in [5, 5.41) is 23.2. The van der Waals surface area contributed by atoms with Crippen LogP contribution in [-0.2, 0) is 11.3 Å². The van der Waals surface area contributed by atoms with Gasteiger partial charge in [-0.15, -0.1) is 0 Å². The van der Waals surface area contributed by atoms with Crippen molar-refractivity contribution in [1.29, 1.82) is 0 Å². The molecule has 128 valence electrons. The molecular weight excluding hydrogens is 314 g/mol. The lowest BCUT2D eigenvalue weighted by Gasteiger charge is -2.40. The number of methoxy groups -OCH3 is 1. The predicted octanol–water partition coefficient (Wildman–Crippen LogP) is 0.429. The number of fused-ring (bicyclic) bond motifs is 4. The fourth-order valence-electron chi connectivity index (χ4n) is 3.74. The zero-order chi connectivity index (χ0) is 17.0. The van der Waals surface area contributed by atoms with Crippen LogP contribution >= 0.6 is 0 Å². The predicted molar refractivity (Wildman–Crippen MR) is 83.7 cm³/mol. The summed E-state index contributed by atoms with van der Waals surface area (Å²) < 4.78 is 16.2. The topological polar surface area (TPSA) is 97.3 Å². The van der Waals surface area contributed by atoms with E-state index in [2.05, 4.69) is 5.32 Å². The van der Waals surface area contributed by atoms with E-state index in [9.17, 15) is 15.0 Å². The van der Waals surface area contributed by atoms with Gasteiger partial charge in [-0.25, -0.2) is 0 Å². The Bertz CT molecular complexity index is 743. The molecule has 1 amide bonds. The highest BCUT2D eigenvalue weighted by atomic mass is 16.7. The molecule has 1 aromatic rings. The average molecular weight is 333 g/mol. The maximum absolute atomic E-state index is 12.7. The number of carbonyl (C=O) groups excluding carboxylic acids is 1. The number of ether oxygens (including phenoxy) is 3. The largest absolute Gasteiger partial charge is 0.454 e. The lowest BCUT2D eigenvalue weighted by molar-refractivity contribution is 0.00111. The molecule has 0 saturated carbocycles. The summed E-state index contributed by atoms with van der Waals surface area (Å²) in [4.78, 5) is 12.7. The van der Waals surface area contributed by atoms with Crippen LogP contribution in [0.2, 0.25) is 0 Å². The molecule has 0 radical (unpaired) electrons. The number of nitrogens with one attached hydrogen (secondary N) is 1. The summed E-state index contributed by atoms with van der Waals surface area (Å²) in [5.41, 5.74) is 2.58. The first-order valence-corrected chi connectivity index (χ1v) is 7.86. The number of amides is 1. The van der Waals surface area contributed by atoms with Crippen molar-refractivity contribution in [1.82, 2.24) is 5.32 Å². The van der Waals surface area contributed by atoms with Crippen molar-refractivity contribution in [3.63, 3.8) is 0 Å². The Morgan fingerprint density at radius 2 is 2.17 bits per heavy atom. The molecule has 7 nitrogen and oxygen atoms in total. The van der Waals surface area contributed by atoms with Crippen LogP contribution in [0, 0.1) is 5.92 Å². The van der Waals surface area contributed by atoms with Crippen LogP contribution in [0.4, 0.5) is 0 Å². The summed E-state index contributed by atoms with van der Waals surface area (Å²) in [5.74, 6) is 0.527. The molecule has 2 heterocycles. The quantitative estimate of drug-likeness (QED) is 0.726. The van der Waals surface area contributed by atoms with Gasteiger partial charge in [-0.1, -0.05) is 6.92 Å². The number of rotatable bonds is 2. The number of benzene rings is 1. The second-order valence-electron chi connectivity index (χ2n) is 6.36. The van der Waals surface area contributed by atoms with Gasteiger partial charge in [0.25, 0.3) is 5.91 Å². The van der Waals surface area contributed by atoms with Crippen molar-refractivity contribution in [2.24, 2.45) is 5.92 Å². The van der Waals surface area contributed by atoms with Crippen LogP contribution in [0.15, 0.2) is 12.1 Å². The number of hydrogen-bond donors (Lipinski definition) is 3. The molecule has 7 heteroatoms. The van der Waals surface area contributed by atoms with Crippen molar-refractivity contribution in [3.8, 4) is 11.5 Å². The third-order valence-electron chi connectivity index (χ3n) is 4.98. The second-order valence-corrected chi connectivity index (χ2v) is 6.36. The zero-order valence-corrected chi connectivity index (χ0v) is 13.4. The van der Waals surface area contributed by atoms with Gasteiger partial charge >= 0.3 is 0 Å². The average Bonchev–Trinajstić information content (AvgIpc) is 3.02. The number of hydrogen-bond acceptors (Lipinski definition) is 6. The van der Waals surface area contributed by atoms with Gasteiger partial charge < -0.3 is 29.7 Å². The molecule has 0 fully saturated rings. The first-order chi connectivity index (χ1) is 11.5. The van der Waals surface area contributed by atoms with Crippen molar-refractivity contribution in [2.45, 2.75) is 31.8 Å². The summed E-state index contributed by atoms with van der Waals surface area (Å²) in [7, 11) is 1.55. The van der Waals surface area contributed by atoms with Gasteiger partial charge in [0.1, 0.15) is 0 Å². The van der Waals surface area contributed by atoms with Crippen LogP contribution < -0.4 is 14.8 Å². The van der Waals surface area contributed by atoms with Gasteiger partial charge in [-0.2, -0.15) is 0 Å². The van der Waals surface area contributed by atoms with E-state index in [1.165, 1.54) is 0 Å². The molecule has 0 spiro atoms. The molecule has 3 N–H and O–H groups in total. The van der Waals surface area contributed by atoms with E-state index in [1.54, 1.807) is 26.2 Å². The zero-order valence-electron chi connectivity index (χ0n) is 13.4. The van der Waals surface area contributed by atoms with Crippen LogP contribution in [0.3, 0.4) is 0 Å². The van der Waals surface area contributed by atoms with Gasteiger partial charge in [-0.3, -0.25) is 4.79 Å².